The smallest absolute Gasteiger partial charge is 0.225 e. The van der Waals surface area contributed by atoms with Crippen LogP contribution in [0.4, 0.5) is 11.8 Å². The summed E-state index contributed by atoms with van der Waals surface area (Å²) in [6.45, 7) is 2.57. The largest absolute Gasteiger partial charge is 0.493 e. The van der Waals surface area contributed by atoms with Crippen LogP contribution in [0.25, 0.3) is 0 Å². The molecule has 0 bridgehead atoms. The quantitative estimate of drug-likeness (QED) is 0.458. The van der Waals surface area contributed by atoms with Gasteiger partial charge < -0.3 is 14.8 Å². The van der Waals surface area contributed by atoms with E-state index in [0.29, 0.717) is 29.8 Å². The number of hydrogen-bond donors (Lipinski definition) is 2. The van der Waals surface area contributed by atoms with Gasteiger partial charge in [-0.2, -0.15) is 10.1 Å². The second kappa shape index (κ2) is 9.36. The molecule has 144 valence electrons. The molecular weight excluding hydrogens is 354 g/mol. The zero-order valence-electron chi connectivity index (χ0n) is 16.1. The summed E-state index contributed by atoms with van der Waals surface area (Å²) in [6, 6.07) is 17.5. The third-order valence-electron chi connectivity index (χ3n) is 3.95. The first-order valence-electron chi connectivity index (χ1n) is 8.82. The fourth-order valence-corrected chi connectivity index (χ4v) is 2.59. The van der Waals surface area contributed by atoms with E-state index >= 15 is 0 Å². The van der Waals surface area contributed by atoms with Gasteiger partial charge in [0.15, 0.2) is 17.3 Å². The van der Waals surface area contributed by atoms with E-state index in [0.717, 1.165) is 16.8 Å². The lowest BCUT2D eigenvalue weighted by Crippen LogP contribution is -2.06. The van der Waals surface area contributed by atoms with Gasteiger partial charge in [-0.15, -0.1) is 0 Å². The summed E-state index contributed by atoms with van der Waals surface area (Å²) in [5.74, 6) is 2.48. The molecule has 2 aromatic carbocycles. The molecule has 0 aliphatic rings. The van der Waals surface area contributed by atoms with Crippen molar-refractivity contribution in [3.63, 3.8) is 0 Å². The highest BCUT2D eigenvalue weighted by molar-refractivity contribution is 5.81. The Balaban J connectivity index is 1.65. The molecule has 3 rings (SSSR count). The number of benzene rings is 2. The minimum atomic E-state index is 0.549. The fraction of sp³-hybridized carbons (Fsp3) is 0.190. The molecule has 0 spiro atoms. The predicted molar refractivity (Wildman–Crippen MR) is 111 cm³/mol. The summed E-state index contributed by atoms with van der Waals surface area (Å²) in [5.41, 5.74) is 5.82. The summed E-state index contributed by atoms with van der Waals surface area (Å²) in [6.07, 6.45) is 1.69. The van der Waals surface area contributed by atoms with E-state index in [4.69, 9.17) is 9.47 Å². The van der Waals surface area contributed by atoms with Crippen LogP contribution in [0.5, 0.6) is 11.5 Å². The van der Waals surface area contributed by atoms with Crippen LogP contribution in [0.2, 0.25) is 0 Å². The predicted octanol–water partition coefficient (Wildman–Crippen LogP) is 3.86. The molecule has 0 aliphatic heterocycles. The lowest BCUT2D eigenvalue weighted by molar-refractivity contribution is 0.355. The number of nitrogens with one attached hydrogen (secondary N) is 2. The van der Waals surface area contributed by atoms with Gasteiger partial charge >= 0.3 is 0 Å². The minimum absolute atomic E-state index is 0.549. The zero-order valence-corrected chi connectivity index (χ0v) is 16.1. The van der Waals surface area contributed by atoms with E-state index < -0.39 is 0 Å². The van der Waals surface area contributed by atoms with Gasteiger partial charge in [0.2, 0.25) is 5.95 Å². The summed E-state index contributed by atoms with van der Waals surface area (Å²) in [5, 5.41) is 7.49. The third kappa shape index (κ3) is 5.20. The molecule has 7 nitrogen and oxygen atoms in total. The monoisotopic (exact) mass is 377 g/mol. The number of aryl methyl sites for hydroxylation is 1. The number of nitrogens with zero attached hydrogens (tertiary/aromatic N) is 3. The normalized spacial score (nSPS) is 10.7. The van der Waals surface area contributed by atoms with E-state index in [2.05, 4.69) is 37.9 Å². The maximum atomic E-state index is 5.30. The molecular formula is C21H23N5O2. The van der Waals surface area contributed by atoms with Crippen LogP contribution in [0, 0.1) is 6.92 Å². The SMILES string of the molecule is COc1ccc(C=NNc2cc(C)nc(NCc3ccccc3)n2)cc1OC. The van der Waals surface area contributed by atoms with Gasteiger partial charge in [-0.1, -0.05) is 30.3 Å². The van der Waals surface area contributed by atoms with Crippen molar-refractivity contribution < 1.29 is 9.47 Å². The Bertz CT molecular complexity index is 945. The number of anilines is 2. The van der Waals surface area contributed by atoms with E-state index in [9.17, 15) is 0 Å². The van der Waals surface area contributed by atoms with E-state index in [1.165, 1.54) is 0 Å². The highest BCUT2D eigenvalue weighted by Crippen LogP contribution is 2.26. The van der Waals surface area contributed by atoms with Crippen LogP contribution in [-0.4, -0.2) is 30.4 Å². The van der Waals surface area contributed by atoms with Crippen molar-refractivity contribution in [2.24, 2.45) is 5.10 Å². The Labute approximate surface area is 164 Å². The first-order chi connectivity index (χ1) is 13.7. The molecule has 3 aromatic rings. The molecule has 0 fully saturated rings. The van der Waals surface area contributed by atoms with Crippen molar-refractivity contribution >= 4 is 18.0 Å². The summed E-state index contributed by atoms with van der Waals surface area (Å²) < 4.78 is 10.5. The van der Waals surface area contributed by atoms with Gasteiger partial charge in [-0.25, -0.2) is 4.98 Å². The molecule has 0 amide bonds. The van der Waals surface area contributed by atoms with Crippen molar-refractivity contribution in [3.8, 4) is 11.5 Å². The molecule has 1 aromatic heterocycles. The van der Waals surface area contributed by atoms with E-state index in [-0.39, 0.29) is 0 Å². The van der Waals surface area contributed by atoms with Crippen LogP contribution in [0.1, 0.15) is 16.8 Å². The first kappa shape index (κ1) is 19.2. The molecule has 2 N–H and O–H groups in total. The van der Waals surface area contributed by atoms with Crippen molar-refractivity contribution in [1.29, 1.82) is 0 Å². The molecule has 0 aliphatic carbocycles. The fourth-order valence-electron chi connectivity index (χ4n) is 2.59. The third-order valence-corrected chi connectivity index (χ3v) is 3.95. The van der Waals surface area contributed by atoms with Crippen molar-refractivity contribution in [2.45, 2.75) is 13.5 Å². The lowest BCUT2D eigenvalue weighted by atomic mass is 10.2. The van der Waals surface area contributed by atoms with Gasteiger partial charge in [-0.05, 0) is 36.2 Å². The zero-order chi connectivity index (χ0) is 19.8. The summed E-state index contributed by atoms with van der Waals surface area (Å²) >= 11 is 0. The average molecular weight is 377 g/mol. The molecule has 28 heavy (non-hydrogen) atoms. The Kier molecular flexibility index (Phi) is 6.41. The number of ether oxygens (including phenoxy) is 2. The van der Waals surface area contributed by atoms with Crippen LogP contribution in [0.15, 0.2) is 59.7 Å². The molecule has 0 unspecified atom stereocenters. The van der Waals surface area contributed by atoms with E-state index in [1.807, 2.05) is 49.4 Å². The van der Waals surface area contributed by atoms with Gasteiger partial charge in [0.05, 0.1) is 20.4 Å². The summed E-state index contributed by atoms with van der Waals surface area (Å²) in [7, 11) is 3.21. The summed E-state index contributed by atoms with van der Waals surface area (Å²) in [4.78, 5) is 8.86. The minimum Gasteiger partial charge on any atom is -0.493 e. The molecule has 0 saturated carbocycles. The van der Waals surface area contributed by atoms with Crippen molar-refractivity contribution in [3.05, 3.63) is 71.4 Å². The van der Waals surface area contributed by atoms with Gasteiger partial charge in [-0.3, -0.25) is 5.43 Å². The number of rotatable bonds is 8. The van der Waals surface area contributed by atoms with Crippen LogP contribution in [-0.2, 0) is 6.54 Å². The molecule has 0 radical (unpaired) electrons. The standard InChI is InChI=1S/C21H23N5O2/c1-15-11-20(25-21(24-15)22-13-16-7-5-4-6-8-16)26-23-14-17-9-10-18(27-2)19(12-17)28-3/h4-12,14H,13H2,1-3H3,(H2,22,24,25,26). The number of hydrazone groups is 1. The number of aromatic nitrogens is 2. The highest BCUT2D eigenvalue weighted by atomic mass is 16.5. The Morgan fingerprint density at radius 2 is 1.75 bits per heavy atom. The number of methoxy groups -OCH3 is 2. The van der Waals surface area contributed by atoms with Crippen LogP contribution < -0.4 is 20.2 Å². The maximum Gasteiger partial charge on any atom is 0.225 e. The van der Waals surface area contributed by atoms with Gasteiger partial charge in [0, 0.05) is 18.3 Å². The maximum absolute atomic E-state index is 5.30. The number of hydrogen-bond acceptors (Lipinski definition) is 7. The molecule has 0 saturated heterocycles. The lowest BCUT2D eigenvalue weighted by Gasteiger charge is -2.08. The van der Waals surface area contributed by atoms with Crippen LogP contribution >= 0.6 is 0 Å². The Morgan fingerprint density at radius 3 is 2.50 bits per heavy atom. The second-order valence-electron chi connectivity index (χ2n) is 6.04. The Morgan fingerprint density at radius 1 is 0.964 bits per heavy atom. The van der Waals surface area contributed by atoms with Crippen molar-refractivity contribution in [1.82, 2.24) is 9.97 Å². The highest BCUT2D eigenvalue weighted by Gasteiger charge is 2.04. The topological polar surface area (TPSA) is 80.7 Å². The average Bonchev–Trinajstić information content (AvgIpc) is 2.72. The second-order valence-corrected chi connectivity index (χ2v) is 6.04. The van der Waals surface area contributed by atoms with Crippen molar-refractivity contribution in [2.75, 3.05) is 25.0 Å². The van der Waals surface area contributed by atoms with Crippen LogP contribution in [0.3, 0.4) is 0 Å². The van der Waals surface area contributed by atoms with E-state index in [1.54, 1.807) is 20.4 Å². The van der Waals surface area contributed by atoms with Gasteiger partial charge in [0.25, 0.3) is 0 Å². The Hall–Kier alpha value is -3.61. The molecule has 7 heteroatoms. The molecule has 1 heterocycles. The first-order valence-corrected chi connectivity index (χ1v) is 8.82. The molecule has 0 atom stereocenters. The van der Waals surface area contributed by atoms with Gasteiger partial charge in [0.1, 0.15) is 0 Å².